The van der Waals surface area contributed by atoms with Gasteiger partial charge in [0.1, 0.15) is 5.60 Å². The van der Waals surface area contributed by atoms with Gasteiger partial charge in [-0.1, -0.05) is 43.0 Å². The molecule has 0 saturated carbocycles. The first-order valence-electron chi connectivity index (χ1n) is 11.0. The maximum Gasteiger partial charge on any atom is 0.564 e. The molecule has 4 nitrogen and oxygen atoms in total. The SMILES string of the molecule is C=C1OB(c2ccc(-c3ccc(B4OC(C)(C)C(C)(C)O4)cc3)c3ccsc23)OC1(C)C. The van der Waals surface area contributed by atoms with Crippen LogP contribution in [0.3, 0.4) is 0 Å². The summed E-state index contributed by atoms with van der Waals surface area (Å²) in [6.07, 6.45) is 0. The molecule has 0 unspecified atom stereocenters. The molecule has 0 bridgehead atoms. The zero-order valence-electron chi connectivity index (χ0n) is 19.5. The molecule has 2 aliphatic heterocycles. The van der Waals surface area contributed by atoms with Gasteiger partial charge >= 0.3 is 14.2 Å². The molecule has 164 valence electrons. The van der Waals surface area contributed by atoms with E-state index < -0.39 is 12.7 Å². The van der Waals surface area contributed by atoms with Crippen LogP contribution < -0.4 is 10.9 Å². The highest BCUT2D eigenvalue weighted by Gasteiger charge is 2.51. The first-order valence-corrected chi connectivity index (χ1v) is 11.9. The molecular formula is C25H28B2O4S. The summed E-state index contributed by atoms with van der Waals surface area (Å²) in [5.41, 5.74) is 3.22. The van der Waals surface area contributed by atoms with Crippen molar-refractivity contribution in [3.05, 3.63) is 60.2 Å². The van der Waals surface area contributed by atoms with Crippen molar-refractivity contribution in [2.45, 2.75) is 58.3 Å². The van der Waals surface area contributed by atoms with E-state index in [-0.39, 0.29) is 18.3 Å². The number of rotatable bonds is 3. The maximum atomic E-state index is 6.20. The molecule has 2 aliphatic rings. The van der Waals surface area contributed by atoms with Gasteiger partial charge < -0.3 is 18.6 Å². The van der Waals surface area contributed by atoms with Crippen LogP contribution >= 0.6 is 11.3 Å². The Morgan fingerprint density at radius 1 is 0.781 bits per heavy atom. The third kappa shape index (κ3) is 3.43. The molecule has 0 radical (unpaired) electrons. The maximum absolute atomic E-state index is 6.20. The zero-order valence-corrected chi connectivity index (χ0v) is 20.3. The van der Waals surface area contributed by atoms with Gasteiger partial charge in [-0.15, -0.1) is 11.3 Å². The molecule has 0 aliphatic carbocycles. The summed E-state index contributed by atoms with van der Waals surface area (Å²) in [6, 6.07) is 14.9. The van der Waals surface area contributed by atoms with Crippen molar-refractivity contribution >= 4 is 46.6 Å². The van der Waals surface area contributed by atoms with Gasteiger partial charge in [0.25, 0.3) is 0 Å². The second-order valence-corrected chi connectivity index (χ2v) is 11.0. The van der Waals surface area contributed by atoms with Crippen LogP contribution in [0.1, 0.15) is 41.5 Å². The van der Waals surface area contributed by atoms with Crippen LogP contribution in [0.4, 0.5) is 0 Å². The number of hydrogen-bond acceptors (Lipinski definition) is 5. The molecule has 3 aromatic rings. The lowest BCUT2D eigenvalue weighted by molar-refractivity contribution is 0.00578. The van der Waals surface area contributed by atoms with E-state index in [0.29, 0.717) is 5.76 Å². The molecule has 5 rings (SSSR count). The Labute approximate surface area is 194 Å². The molecule has 7 heteroatoms. The van der Waals surface area contributed by atoms with Gasteiger partial charge in [0.2, 0.25) is 0 Å². The molecule has 0 amide bonds. The fourth-order valence-corrected chi connectivity index (χ4v) is 5.02. The van der Waals surface area contributed by atoms with Crippen LogP contribution in [0, 0.1) is 0 Å². The molecular weight excluding hydrogens is 418 g/mol. The van der Waals surface area contributed by atoms with Gasteiger partial charge in [-0.2, -0.15) is 0 Å². The predicted molar refractivity (Wildman–Crippen MR) is 134 cm³/mol. The molecule has 3 heterocycles. The summed E-state index contributed by atoms with van der Waals surface area (Å²) >= 11 is 1.70. The standard InChI is InChI=1S/C25H28B2O4S/c1-16-23(2,3)29-27(28-16)21-13-12-19(20-14-15-32-22(20)21)17-8-10-18(11-9-17)26-30-24(4,5)25(6,7)31-26/h8-15H,1H2,2-7H3. The molecule has 0 spiro atoms. The van der Waals surface area contributed by atoms with Crippen LogP contribution in [0.25, 0.3) is 21.2 Å². The van der Waals surface area contributed by atoms with Crippen molar-refractivity contribution in [3.8, 4) is 11.1 Å². The minimum absolute atomic E-state index is 0.348. The molecule has 32 heavy (non-hydrogen) atoms. The van der Waals surface area contributed by atoms with Crippen molar-refractivity contribution in [2.24, 2.45) is 0 Å². The third-order valence-corrected chi connectivity index (χ3v) is 7.93. The number of fused-ring (bicyclic) bond motifs is 1. The van der Waals surface area contributed by atoms with Crippen molar-refractivity contribution in [3.63, 3.8) is 0 Å². The van der Waals surface area contributed by atoms with Crippen LogP contribution in [-0.4, -0.2) is 31.0 Å². The molecule has 2 aromatic carbocycles. The van der Waals surface area contributed by atoms with E-state index in [4.69, 9.17) is 18.6 Å². The first kappa shape index (κ1) is 21.8. The Kier molecular flexibility index (Phi) is 4.92. The Bertz CT molecular complexity index is 1180. The molecule has 1 aromatic heterocycles. The Morgan fingerprint density at radius 2 is 1.44 bits per heavy atom. The molecule has 0 N–H and O–H groups in total. The van der Waals surface area contributed by atoms with Crippen LogP contribution in [0.2, 0.25) is 0 Å². The lowest BCUT2D eigenvalue weighted by Gasteiger charge is -2.32. The summed E-state index contributed by atoms with van der Waals surface area (Å²) in [5, 5.41) is 3.31. The lowest BCUT2D eigenvalue weighted by Crippen LogP contribution is -2.41. The Hall–Kier alpha value is -2.05. The largest absolute Gasteiger partial charge is 0.564 e. The highest BCUT2D eigenvalue weighted by Crippen LogP contribution is 2.37. The van der Waals surface area contributed by atoms with E-state index in [1.165, 1.54) is 15.6 Å². The van der Waals surface area contributed by atoms with Gasteiger partial charge in [0, 0.05) is 10.2 Å². The highest BCUT2D eigenvalue weighted by molar-refractivity contribution is 7.18. The van der Waals surface area contributed by atoms with Crippen LogP contribution in [0.15, 0.2) is 60.2 Å². The second kappa shape index (κ2) is 7.22. The Morgan fingerprint density at radius 3 is 2.03 bits per heavy atom. The van der Waals surface area contributed by atoms with Crippen molar-refractivity contribution in [2.75, 3.05) is 0 Å². The summed E-state index contributed by atoms with van der Waals surface area (Å²) in [7, 11) is -0.788. The van der Waals surface area contributed by atoms with E-state index in [2.05, 4.69) is 82.1 Å². The minimum Gasteiger partial charge on any atom is -0.534 e. The fraction of sp³-hybridized carbons (Fsp3) is 0.360. The first-order chi connectivity index (χ1) is 15.0. The van der Waals surface area contributed by atoms with E-state index in [0.717, 1.165) is 16.5 Å². The number of thiophene rings is 1. The summed E-state index contributed by atoms with van der Waals surface area (Å²) < 4.78 is 25.7. The van der Waals surface area contributed by atoms with Crippen molar-refractivity contribution in [1.29, 1.82) is 0 Å². The summed E-state index contributed by atoms with van der Waals surface area (Å²) in [6.45, 7) is 16.3. The smallest absolute Gasteiger partial charge is 0.534 e. The highest BCUT2D eigenvalue weighted by atomic mass is 32.1. The lowest BCUT2D eigenvalue weighted by atomic mass is 9.77. The number of benzene rings is 2. The van der Waals surface area contributed by atoms with Crippen molar-refractivity contribution in [1.82, 2.24) is 0 Å². The van der Waals surface area contributed by atoms with Gasteiger partial charge in [0.05, 0.1) is 17.0 Å². The number of hydrogen-bond donors (Lipinski definition) is 0. The van der Waals surface area contributed by atoms with Crippen LogP contribution in [0.5, 0.6) is 0 Å². The average Bonchev–Trinajstić information content (AvgIpc) is 3.36. The zero-order chi connectivity index (χ0) is 22.9. The summed E-state index contributed by atoms with van der Waals surface area (Å²) in [4.78, 5) is 0. The molecule has 0 atom stereocenters. The van der Waals surface area contributed by atoms with E-state index in [1.807, 2.05) is 13.8 Å². The minimum atomic E-state index is -0.490. The van der Waals surface area contributed by atoms with E-state index in [1.54, 1.807) is 11.3 Å². The second-order valence-electron chi connectivity index (χ2n) is 10.1. The van der Waals surface area contributed by atoms with Gasteiger partial charge in [0.15, 0.2) is 0 Å². The fourth-order valence-electron chi connectivity index (χ4n) is 4.08. The monoisotopic (exact) mass is 446 g/mol. The van der Waals surface area contributed by atoms with Gasteiger partial charge in [-0.25, -0.2) is 0 Å². The average molecular weight is 446 g/mol. The topological polar surface area (TPSA) is 36.9 Å². The molecule has 2 fully saturated rings. The third-order valence-electron chi connectivity index (χ3n) is 6.97. The van der Waals surface area contributed by atoms with Crippen LogP contribution in [-0.2, 0) is 18.6 Å². The Balaban J connectivity index is 1.45. The predicted octanol–water partition coefficient (Wildman–Crippen LogP) is 4.90. The van der Waals surface area contributed by atoms with Gasteiger partial charge in [-0.05, 0) is 75.0 Å². The van der Waals surface area contributed by atoms with E-state index >= 15 is 0 Å². The van der Waals surface area contributed by atoms with Crippen molar-refractivity contribution < 1.29 is 18.6 Å². The molecule has 2 saturated heterocycles. The van der Waals surface area contributed by atoms with E-state index in [9.17, 15) is 0 Å². The van der Waals surface area contributed by atoms with Gasteiger partial charge in [-0.3, -0.25) is 0 Å². The summed E-state index contributed by atoms with van der Waals surface area (Å²) in [5.74, 6) is 0.662. The quantitative estimate of drug-likeness (QED) is 0.537. The normalized spacial score (nSPS) is 21.4.